The van der Waals surface area contributed by atoms with Crippen LogP contribution in [0.1, 0.15) is 19.4 Å². The Kier molecular flexibility index (Phi) is 8.01. The molecule has 11 heteroatoms. The third-order valence-electron chi connectivity index (χ3n) is 4.51. The predicted octanol–water partition coefficient (Wildman–Crippen LogP) is 4.66. The molecule has 1 amide bonds. The number of carbonyl (C=O) groups is 1. The van der Waals surface area contributed by atoms with Crippen LogP contribution in [0, 0.1) is 6.92 Å². The Morgan fingerprint density at radius 1 is 1.33 bits per heavy atom. The largest absolute Gasteiger partial charge is 0.448 e. The lowest BCUT2D eigenvalue weighted by Crippen LogP contribution is -2.21. The Morgan fingerprint density at radius 2 is 2.06 bits per heavy atom. The van der Waals surface area contributed by atoms with E-state index in [1.807, 2.05) is 13.8 Å². The second-order valence-electron chi connectivity index (χ2n) is 7.41. The zero-order valence-corrected chi connectivity index (χ0v) is 20.5. The van der Waals surface area contributed by atoms with Gasteiger partial charge in [0.2, 0.25) is 5.95 Å². The Morgan fingerprint density at radius 3 is 2.67 bits per heavy atom. The smallest absolute Gasteiger partial charge is 0.442 e. The number of hydrogen-bond acceptors (Lipinski definition) is 9. The first kappa shape index (κ1) is 24.6. The van der Waals surface area contributed by atoms with Crippen LogP contribution in [0.15, 0.2) is 51.2 Å². The van der Waals surface area contributed by atoms with Gasteiger partial charge in [0.15, 0.2) is 0 Å². The highest BCUT2D eigenvalue weighted by atomic mass is 32.2. The second kappa shape index (κ2) is 10.7. The van der Waals surface area contributed by atoms with Gasteiger partial charge in [-0.1, -0.05) is 0 Å². The fraction of sp³-hybridized carbons (Fsp3) is 0.318. The number of aromatic nitrogens is 2. The summed E-state index contributed by atoms with van der Waals surface area (Å²) in [5.74, 6) is 0.971. The highest BCUT2D eigenvalue weighted by Crippen LogP contribution is 2.32. The molecule has 0 fully saturated rings. The van der Waals surface area contributed by atoms with Crippen LogP contribution in [-0.4, -0.2) is 50.9 Å². The molecule has 176 valence electrons. The van der Waals surface area contributed by atoms with E-state index >= 15 is 0 Å². The van der Waals surface area contributed by atoms with Crippen molar-refractivity contribution in [2.45, 2.75) is 31.7 Å². The number of benzene rings is 1. The van der Waals surface area contributed by atoms with Crippen LogP contribution in [0.3, 0.4) is 0 Å². The van der Waals surface area contributed by atoms with Crippen molar-refractivity contribution < 1.29 is 18.8 Å². The summed E-state index contributed by atoms with van der Waals surface area (Å²) in [6.07, 6.45) is 2.28. The van der Waals surface area contributed by atoms with Crippen LogP contribution in [0.2, 0.25) is 0 Å². The Bertz CT molecular complexity index is 1230. The van der Waals surface area contributed by atoms with Crippen molar-refractivity contribution in [3.8, 4) is 10.4 Å². The van der Waals surface area contributed by atoms with Crippen LogP contribution in [0.4, 0.5) is 22.2 Å². The van der Waals surface area contributed by atoms with E-state index in [2.05, 4.69) is 36.4 Å². The predicted molar refractivity (Wildman–Crippen MR) is 132 cm³/mol. The van der Waals surface area contributed by atoms with Gasteiger partial charge in [-0.05, 0) is 62.0 Å². The summed E-state index contributed by atoms with van der Waals surface area (Å²) in [5.41, 5.74) is 2.67. The Balaban J connectivity index is 1.85. The minimum Gasteiger partial charge on any atom is -0.448 e. The van der Waals surface area contributed by atoms with Crippen molar-refractivity contribution in [3.63, 3.8) is 0 Å². The van der Waals surface area contributed by atoms with E-state index in [1.165, 1.54) is 6.26 Å². The summed E-state index contributed by atoms with van der Waals surface area (Å²) in [6, 6.07) is 8.55. The monoisotopic (exact) mass is 489 g/mol. The molecule has 0 bridgehead atoms. The number of amides is 1. The highest BCUT2D eigenvalue weighted by molar-refractivity contribution is 7.93. The number of hydrogen-bond donors (Lipinski definition) is 3. The van der Waals surface area contributed by atoms with Gasteiger partial charge in [-0.25, -0.2) is 14.0 Å². The summed E-state index contributed by atoms with van der Waals surface area (Å²) in [7, 11) is -2.92. The number of nitrogens with one attached hydrogen (secondary N) is 2. The number of aliphatic hydroxyl groups excluding tert-OH is 1. The standard InChI is InChI=1S/C22H27N5O4S2/c1-5-31-22(29)27-33(4,30)17-8-6-16(7-9-17)25-21-23-11-18(19-10-14(2)13-32-19)20(26-21)24-15(3)12-28/h6-11,13,15,28H,5,12H2,1-4H3,(H2,23,24,25,26)/t15-,33?/m1/s1. The van der Waals surface area contributed by atoms with Crippen molar-refractivity contribution in [2.75, 3.05) is 30.1 Å². The lowest BCUT2D eigenvalue weighted by atomic mass is 10.2. The zero-order valence-electron chi connectivity index (χ0n) is 18.9. The molecule has 3 aromatic rings. The topological polar surface area (TPSA) is 126 Å². The molecule has 0 aliphatic carbocycles. The number of nitrogens with zero attached hydrogens (tertiary/aromatic N) is 3. The number of ether oxygens (including phenoxy) is 1. The number of rotatable bonds is 8. The first-order chi connectivity index (χ1) is 15.7. The summed E-state index contributed by atoms with van der Waals surface area (Å²) < 4.78 is 21.2. The number of carbonyl (C=O) groups excluding carboxylic acids is 1. The lowest BCUT2D eigenvalue weighted by Gasteiger charge is -2.16. The quantitative estimate of drug-likeness (QED) is 0.417. The van der Waals surface area contributed by atoms with E-state index in [9.17, 15) is 14.1 Å². The molecule has 0 radical (unpaired) electrons. The van der Waals surface area contributed by atoms with E-state index in [1.54, 1.807) is 48.7 Å². The molecule has 9 nitrogen and oxygen atoms in total. The van der Waals surface area contributed by atoms with Gasteiger partial charge in [-0.3, -0.25) is 0 Å². The van der Waals surface area contributed by atoms with Crippen LogP contribution in [0.5, 0.6) is 0 Å². The van der Waals surface area contributed by atoms with Crippen molar-refractivity contribution in [3.05, 3.63) is 47.5 Å². The zero-order chi connectivity index (χ0) is 24.0. The number of anilines is 3. The Labute approximate surface area is 197 Å². The number of thiophene rings is 1. The van der Waals surface area contributed by atoms with Crippen LogP contribution in [0.25, 0.3) is 10.4 Å². The van der Waals surface area contributed by atoms with Crippen molar-refractivity contribution in [1.82, 2.24) is 9.97 Å². The molecular formula is C22H27N5O4S2. The summed E-state index contributed by atoms with van der Waals surface area (Å²) in [6.45, 7) is 5.68. The average molecular weight is 490 g/mol. The van der Waals surface area contributed by atoms with Crippen LogP contribution in [-0.2, 0) is 14.5 Å². The molecule has 0 aliphatic rings. The van der Waals surface area contributed by atoms with Gasteiger partial charge in [0, 0.05) is 34.0 Å². The molecule has 0 saturated heterocycles. The normalized spacial score (nSPS) is 13.6. The third-order valence-corrected chi connectivity index (χ3v) is 7.23. The molecule has 1 unspecified atom stereocenters. The summed E-state index contributed by atoms with van der Waals surface area (Å²) in [5, 5.41) is 17.9. The first-order valence-electron chi connectivity index (χ1n) is 10.3. The molecule has 0 spiro atoms. The molecule has 33 heavy (non-hydrogen) atoms. The van der Waals surface area contributed by atoms with E-state index in [-0.39, 0.29) is 19.3 Å². The molecule has 2 aromatic heterocycles. The summed E-state index contributed by atoms with van der Waals surface area (Å²) in [4.78, 5) is 22.0. The average Bonchev–Trinajstić information content (AvgIpc) is 3.20. The highest BCUT2D eigenvalue weighted by Gasteiger charge is 2.14. The maximum Gasteiger partial charge on any atom is 0.442 e. The van der Waals surface area contributed by atoms with Gasteiger partial charge in [0.1, 0.15) is 5.82 Å². The van der Waals surface area contributed by atoms with Gasteiger partial charge in [-0.15, -0.1) is 15.7 Å². The first-order valence-corrected chi connectivity index (χ1v) is 13.1. The second-order valence-corrected chi connectivity index (χ2v) is 10.6. The molecule has 3 rings (SSSR count). The van der Waals surface area contributed by atoms with Crippen molar-refractivity contribution >= 4 is 44.6 Å². The maximum absolute atomic E-state index is 12.8. The number of aryl methyl sites for hydroxylation is 1. The van der Waals surface area contributed by atoms with Gasteiger partial charge in [-0.2, -0.15) is 4.98 Å². The van der Waals surface area contributed by atoms with Gasteiger partial charge < -0.3 is 20.5 Å². The van der Waals surface area contributed by atoms with E-state index in [0.29, 0.717) is 22.3 Å². The maximum atomic E-state index is 12.8. The van der Waals surface area contributed by atoms with Crippen molar-refractivity contribution in [2.24, 2.45) is 4.36 Å². The molecular weight excluding hydrogens is 462 g/mol. The van der Waals surface area contributed by atoms with E-state index in [4.69, 9.17) is 4.74 Å². The molecule has 3 N–H and O–H groups in total. The van der Waals surface area contributed by atoms with Crippen LogP contribution >= 0.6 is 11.3 Å². The van der Waals surface area contributed by atoms with Gasteiger partial charge in [0.05, 0.1) is 28.5 Å². The van der Waals surface area contributed by atoms with E-state index < -0.39 is 15.8 Å². The number of aliphatic hydroxyl groups is 1. The van der Waals surface area contributed by atoms with Gasteiger partial charge >= 0.3 is 6.09 Å². The van der Waals surface area contributed by atoms with E-state index in [0.717, 1.165) is 16.0 Å². The van der Waals surface area contributed by atoms with Crippen LogP contribution < -0.4 is 10.6 Å². The minimum absolute atomic E-state index is 0.0374. The summed E-state index contributed by atoms with van der Waals surface area (Å²) >= 11 is 1.60. The van der Waals surface area contributed by atoms with Gasteiger partial charge in [0.25, 0.3) is 0 Å². The molecule has 1 aromatic carbocycles. The molecule has 2 heterocycles. The fourth-order valence-corrected chi connectivity index (χ4v) is 4.84. The minimum atomic E-state index is -2.92. The lowest BCUT2D eigenvalue weighted by molar-refractivity contribution is 0.164. The SMILES string of the molecule is CCOC(=O)N=S(C)(=O)c1ccc(Nc2ncc(-c3cc(C)cs3)c(N[C@H](C)CO)n2)cc1. The third kappa shape index (κ3) is 6.50. The molecule has 0 saturated carbocycles. The molecule has 0 aliphatic heterocycles. The Hall–Kier alpha value is -3.02. The molecule has 2 atom stereocenters. The fourth-order valence-electron chi connectivity index (χ4n) is 2.85. The van der Waals surface area contributed by atoms with Crippen molar-refractivity contribution in [1.29, 1.82) is 0 Å².